The average molecular weight is 232 g/mol. The topological polar surface area (TPSA) is 70.6 Å². The van der Waals surface area contributed by atoms with Crippen molar-refractivity contribution in [2.75, 3.05) is 32.9 Å². The van der Waals surface area contributed by atoms with Crippen LogP contribution >= 0.6 is 0 Å². The highest BCUT2D eigenvalue weighted by molar-refractivity contribution is 5.76. The predicted octanol–water partition coefficient (Wildman–Crippen LogP) is -0.110. The number of amides is 1. The Morgan fingerprint density at radius 2 is 2.19 bits per heavy atom. The lowest BCUT2D eigenvalue weighted by atomic mass is 10.2. The molecule has 0 heterocycles. The summed E-state index contributed by atoms with van der Waals surface area (Å²) in [4.78, 5) is 11.4. The Hall–Kier alpha value is -0.650. The molecule has 0 bridgehead atoms. The van der Waals surface area contributed by atoms with Crippen molar-refractivity contribution in [2.45, 2.75) is 32.7 Å². The van der Waals surface area contributed by atoms with Crippen molar-refractivity contribution in [3.63, 3.8) is 0 Å². The monoisotopic (exact) mass is 232 g/mol. The fourth-order valence-corrected chi connectivity index (χ4v) is 1.34. The molecule has 0 aliphatic carbocycles. The quantitative estimate of drug-likeness (QED) is 0.460. The maximum atomic E-state index is 11.4. The lowest BCUT2D eigenvalue weighted by Gasteiger charge is -2.12. The first-order valence-electron chi connectivity index (χ1n) is 5.89. The van der Waals surface area contributed by atoms with Crippen LogP contribution in [0.15, 0.2) is 0 Å². The van der Waals surface area contributed by atoms with Crippen LogP contribution in [0.1, 0.15) is 26.7 Å². The van der Waals surface area contributed by atoms with E-state index < -0.39 is 0 Å². The van der Waals surface area contributed by atoms with Crippen LogP contribution in [0.5, 0.6) is 0 Å². The Morgan fingerprint density at radius 1 is 1.44 bits per heavy atom. The Bertz CT molecular complexity index is 177. The van der Waals surface area contributed by atoms with E-state index in [-0.39, 0.29) is 18.6 Å². The van der Waals surface area contributed by atoms with E-state index in [2.05, 4.69) is 10.6 Å². The number of nitrogens with one attached hydrogen (secondary N) is 2. The van der Waals surface area contributed by atoms with Gasteiger partial charge in [-0.05, 0) is 19.9 Å². The van der Waals surface area contributed by atoms with Crippen LogP contribution in [0, 0.1) is 0 Å². The molecule has 0 saturated carbocycles. The zero-order valence-electron chi connectivity index (χ0n) is 10.3. The Morgan fingerprint density at radius 3 is 2.81 bits per heavy atom. The third-order valence-corrected chi connectivity index (χ3v) is 2.07. The minimum absolute atomic E-state index is 0.0482. The first-order valence-corrected chi connectivity index (χ1v) is 5.89. The number of carbonyl (C=O) groups is 1. The summed E-state index contributed by atoms with van der Waals surface area (Å²) < 4.78 is 5.07. The van der Waals surface area contributed by atoms with E-state index in [9.17, 15) is 4.79 Å². The van der Waals surface area contributed by atoms with Gasteiger partial charge in [0.25, 0.3) is 0 Å². The lowest BCUT2D eigenvalue weighted by molar-refractivity contribution is -0.121. The van der Waals surface area contributed by atoms with Crippen molar-refractivity contribution in [1.82, 2.24) is 10.6 Å². The predicted molar refractivity (Wildman–Crippen MR) is 63.3 cm³/mol. The molecule has 1 amide bonds. The number of aliphatic hydroxyl groups excluding tert-OH is 1. The van der Waals surface area contributed by atoms with Crippen LogP contribution < -0.4 is 10.6 Å². The SMILES string of the molecule is CCNC(C)CC(=O)NCCCOCCO. The number of rotatable bonds is 10. The second-order valence-corrected chi connectivity index (χ2v) is 3.70. The molecule has 0 aromatic rings. The van der Waals surface area contributed by atoms with Crippen molar-refractivity contribution in [2.24, 2.45) is 0 Å². The largest absolute Gasteiger partial charge is 0.394 e. The maximum absolute atomic E-state index is 11.4. The van der Waals surface area contributed by atoms with Crippen LogP contribution in [0.2, 0.25) is 0 Å². The van der Waals surface area contributed by atoms with Gasteiger partial charge in [-0.2, -0.15) is 0 Å². The molecule has 0 aliphatic heterocycles. The second kappa shape index (κ2) is 10.9. The second-order valence-electron chi connectivity index (χ2n) is 3.70. The summed E-state index contributed by atoms with van der Waals surface area (Å²) in [6.07, 6.45) is 1.28. The maximum Gasteiger partial charge on any atom is 0.221 e. The molecule has 16 heavy (non-hydrogen) atoms. The molecule has 5 heteroatoms. The van der Waals surface area contributed by atoms with Crippen molar-refractivity contribution < 1.29 is 14.6 Å². The van der Waals surface area contributed by atoms with Crippen molar-refractivity contribution in [1.29, 1.82) is 0 Å². The molecule has 1 atom stereocenters. The molecule has 0 aliphatic rings. The van der Waals surface area contributed by atoms with Gasteiger partial charge in [0.2, 0.25) is 5.91 Å². The number of carbonyl (C=O) groups excluding carboxylic acids is 1. The summed E-state index contributed by atoms with van der Waals surface area (Å²) in [6, 6.07) is 0.218. The van der Waals surface area contributed by atoms with Crippen molar-refractivity contribution >= 4 is 5.91 Å². The van der Waals surface area contributed by atoms with E-state index in [1.165, 1.54) is 0 Å². The normalized spacial score (nSPS) is 12.4. The van der Waals surface area contributed by atoms with E-state index in [0.717, 1.165) is 13.0 Å². The molecule has 0 fully saturated rings. The highest BCUT2D eigenvalue weighted by Gasteiger charge is 2.06. The smallest absolute Gasteiger partial charge is 0.221 e. The van der Waals surface area contributed by atoms with Crippen LogP contribution in [0.25, 0.3) is 0 Å². The fourth-order valence-electron chi connectivity index (χ4n) is 1.34. The van der Waals surface area contributed by atoms with Crippen molar-refractivity contribution in [3.8, 4) is 0 Å². The number of hydrogen-bond donors (Lipinski definition) is 3. The van der Waals surface area contributed by atoms with E-state index in [4.69, 9.17) is 9.84 Å². The highest BCUT2D eigenvalue weighted by atomic mass is 16.5. The lowest BCUT2D eigenvalue weighted by Crippen LogP contribution is -2.34. The fraction of sp³-hybridized carbons (Fsp3) is 0.909. The van der Waals surface area contributed by atoms with E-state index in [1.54, 1.807) is 0 Å². The van der Waals surface area contributed by atoms with Crippen LogP contribution in [0.4, 0.5) is 0 Å². The van der Waals surface area contributed by atoms with Crippen molar-refractivity contribution in [3.05, 3.63) is 0 Å². The highest BCUT2D eigenvalue weighted by Crippen LogP contribution is 1.90. The first kappa shape index (κ1) is 15.3. The molecule has 0 aromatic carbocycles. The molecular formula is C11H24N2O3. The molecule has 0 saturated heterocycles. The van der Waals surface area contributed by atoms with Gasteiger partial charge in [-0.25, -0.2) is 0 Å². The van der Waals surface area contributed by atoms with E-state index in [1.807, 2.05) is 13.8 Å². The molecule has 1 unspecified atom stereocenters. The zero-order chi connectivity index (χ0) is 12.2. The molecule has 0 spiro atoms. The minimum Gasteiger partial charge on any atom is -0.394 e. The van der Waals surface area contributed by atoms with Gasteiger partial charge in [0, 0.05) is 25.6 Å². The summed E-state index contributed by atoms with van der Waals surface area (Å²) in [5.41, 5.74) is 0. The molecule has 0 aromatic heterocycles. The van der Waals surface area contributed by atoms with E-state index in [0.29, 0.717) is 26.2 Å². The van der Waals surface area contributed by atoms with Gasteiger partial charge in [0.15, 0.2) is 0 Å². The Labute approximate surface area is 97.6 Å². The van der Waals surface area contributed by atoms with Gasteiger partial charge in [0.05, 0.1) is 13.2 Å². The summed E-state index contributed by atoms with van der Waals surface area (Å²) in [5.74, 6) is 0.0654. The van der Waals surface area contributed by atoms with Crippen LogP contribution in [0.3, 0.4) is 0 Å². The van der Waals surface area contributed by atoms with Gasteiger partial charge in [-0.3, -0.25) is 4.79 Å². The standard InChI is InChI=1S/C11H24N2O3/c1-3-12-10(2)9-11(15)13-5-4-7-16-8-6-14/h10,12,14H,3-9H2,1-2H3,(H,13,15). The van der Waals surface area contributed by atoms with E-state index >= 15 is 0 Å². The average Bonchev–Trinajstić information content (AvgIpc) is 2.23. The third-order valence-electron chi connectivity index (χ3n) is 2.07. The Balaban J connectivity index is 3.30. The van der Waals surface area contributed by atoms with Gasteiger partial charge in [-0.1, -0.05) is 6.92 Å². The van der Waals surface area contributed by atoms with Gasteiger partial charge in [0.1, 0.15) is 0 Å². The van der Waals surface area contributed by atoms with Crippen LogP contribution in [-0.4, -0.2) is 50.0 Å². The van der Waals surface area contributed by atoms with Crippen LogP contribution in [-0.2, 0) is 9.53 Å². The summed E-state index contributed by atoms with van der Waals surface area (Å²) >= 11 is 0. The molecular weight excluding hydrogens is 208 g/mol. The van der Waals surface area contributed by atoms with Gasteiger partial charge in [-0.15, -0.1) is 0 Å². The first-order chi connectivity index (χ1) is 7.70. The number of aliphatic hydroxyl groups is 1. The summed E-state index contributed by atoms with van der Waals surface area (Å²) in [5, 5.41) is 14.5. The molecule has 96 valence electrons. The number of hydrogen-bond acceptors (Lipinski definition) is 4. The summed E-state index contributed by atoms with van der Waals surface area (Å²) in [7, 11) is 0. The minimum atomic E-state index is 0.0482. The molecule has 0 rings (SSSR count). The number of ether oxygens (including phenoxy) is 1. The third kappa shape index (κ3) is 9.89. The zero-order valence-corrected chi connectivity index (χ0v) is 10.3. The molecule has 0 radical (unpaired) electrons. The summed E-state index contributed by atoms with van der Waals surface area (Å²) in [6.45, 7) is 6.51. The molecule has 5 nitrogen and oxygen atoms in total. The van der Waals surface area contributed by atoms with Gasteiger partial charge < -0.3 is 20.5 Å². The Kier molecular flexibility index (Phi) is 10.4. The van der Waals surface area contributed by atoms with Gasteiger partial charge >= 0.3 is 0 Å². The molecule has 3 N–H and O–H groups in total.